The number of alkyl halides is 3. The van der Waals surface area contributed by atoms with E-state index < -0.39 is 11.7 Å². The lowest BCUT2D eigenvalue weighted by atomic mass is 10.1. The molecule has 20 heavy (non-hydrogen) atoms. The van der Waals surface area contributed by atoms with Crippen molar-refractivity contribution in [3.8, 4) is 6.07 Å². The number of aryl methyl sites for hydroxylation is 1. The predicted molar refractivity (Wildman–Crippen MR) is 72.5 cm³/mol. The maximum atomic E-state index is 12.8. The van der Waals surface area contributed by atoms with Gasteiger partial charge in [0.05, 0.1) is 5.56 Å². The summed E-state index contributed by atoms with van der Waals surface area (Å²) in [4.78, 5) is 1.48. The average molecular weight is 296 g/mol. The highest BCUT2D eigenvalue weighted by molar-refractivity contribution is 7.12. The first-order valence-corrected chi connectivity index (χ1v) is 6.62. The minimum absolute atomic E-state index is 0.200. The van der Waals surface area contributed by atoms with E-state index in [-0.39, 0.29) is 5.56 Å². The molecule has 0 spiro atoms. The van der Waals surface area contributed by atoms with Gasteiger partial charge in [0.25, 0.3) is 0 Å². The monoisotopic (exact) mass is 296 g/mol. The van der Waals surface area contributed by atoms with Crippen LogP contribution in [0.4, 0.5) is 18.9 Å². The number of nitriles is 1. The van der Waals surface area contributed by atoms with Crippen LogP contribution in [0.15, 0.2) is 30.3 Å². The fraction of sp³-hybridized carbons (Fsp3) is 0.214. The fourth-order valence-electron chi connectivity index (χ4n) is 1.76. The zero-order valence-electron chi connectivity index (χ0n) is 10.6. The second-order valence-electron chi connectivity index (χ2n) is 4.26. The predicted octanol–water partition coefficient (Wildman–Crippen LogP) is 4.56. The zero-order valence-corrected chi connectivity index (χ0v) is 11.4. The Labute approximate surface area is 118 Å². The summed E-state index contributed by atoms with van der Waals surface area (Å²) in [6, 6.07) is 9.67. The molecule has 0 radical (unpaired) electrons. The van der Waals surface area contributed by atoms with E-state index in [1.165, 1.54) is 24.3 Å². The van der Waals surface area contributed by atoms with Crippen molar-refractivity contribution >= 4 is 17.0 Å². The van der Waals surface area contributed by atoms with Gasteiger partial charge in [0, 0.05) is 17.1 Å². The molecular formula is C14H11F3N2S. The van der Waals surface area contributed by atoms with Gasteiger partial charge in [0.2, 0.25) is 0 Å². The number of hydrogen-bond donors (Lipinski definition) is 1. The molecule has 0 aliphatic rings. The van der Waals surface area contributed by atoms with Gasteiger partial charge >= 0.3 is 6.18 Å². The lowest BCUT2D eigenvalue weighted by Gasteiger charge is -2.13. The topological polar surface area (TPSA) is 35.8 Å². The molecule has 0 fully saturated rings. The van der Waals surface area contributed by atoms with E-state index in [0.717, 1.165) is 10.9 Å². The van der Waals surface area contributed by atoms with Crippen LogP contribution in [-0.4, -0.2) is 0 Å². The summed E-state index contributed by atoms with van der Waals surface area (Å²) >= 11 is 1.32. The normalized spacial score (nSPS) is 11.2. The fourth-order valence-corrected chi connectivity index (χ4v) is 2.50. The Hall–Kier alpha value is -2.00. The van der Waals surface area contributed by atoms with Crippen LogP contribution in [0.25, 0.3) is 0 Å². The highest BCUT2D eigenvalue weighted by Crippen LogP contribution is 2.33. The molecule has 0 saturated heterocycles. The van der Waals surface area contributed by atoms with Crippen molar-refractivity contribution in [1.82, 2.24) is 0 Å². The van der Waals surface area contributed by atoms with E-state index >= 15 is 0 Å². The Morgan fingerprint density at radius 1 is 1.25 bits per heavy atom. The molecule has 0 aliphatic carbocycles. The lowest BCUT2D eigenvalue weighted by Crippen LogP contribution is -2.08. The minimum atomic E-state index is -4.35. The molecule has 1 N–H and O–H groups in total. The molecule has 0 aliphatic heterocycles. The number of rotatable bonds is 3. The highest BCUT2D eigenvalue weighted by Gasteiger charge is 2.32. The Morgan fingerprint density at radius 2 is 2.00 bits per heavy atom. The van der Waals surface area contributed by atoms with Crippen molar-refractivity contribution in [1.29, 1.82) is 5.26 Å². The van der Waals surface area contributed by atoms with E-state index in [1.54, 1.807) is 18.2 Å². The molecule has 2 aromatic rings. The number of nitrogens with zero attached hydrogens (tertiary/aromatic N) is 1. The number of halogens is 3. The van der Waals surface area contributed by atoms with Crippen molar-refractivity contribution in [2.24, 2.45) is 0 Å². The van der Waals surface area contributed by atoms with Crippen LogP contribution in [0.3, 0.4) is 0 Å². The highest BCUT2D eigenvalue weighted by atomic mass is 32.1. The molecule has 2 nitrogen and oxygen atoms in total. The van der Waals surface area contributed by atoms with E-state index in [0.29, 0.717) is 17.1 Å². The van der Waals surface area contributed by atoms with Gasteiger partial charge in [-0.15, -0.1) is 11.3 Å². The summed E-state index contributed by atoms with van der Waals surface area (Å²) in [5.74, 6) is 0. The summed E-state index contributed by atoms with van der Waals surface area (Å²) in [6.07, 6.45) is -4.35. The van der Waals surface area contributed by atoms with Gasteiger partial charge in [0.15, 0.2) is 0 Å². The van der Waals surface area contributed by atoms with Crippen molar-refractivity contribution in [2.45, 2.75) is 19.6 Å². The summed E-state index contributed by atoms with van der Waals surface area (Å²) < 4.78 is 38.3. The Balaban J connectivity index is 2.12. The Morgan fingerprint density at radius 3 is 2.60 bits per heavy atom. The maximum absolute atomic E-state index is 12.8. The molecule has 104 valence electrons. The second-order valence-corrected chi connectivity index (χ2v) is 5.43. The first-order chi connectivity index (χ1) is 9.40. The molecule has 0 saturated carbocycles. The quantitative estimate of drug-likeness (QED) is 0.901. The number of benzene rings is 1. The van der Waals surface area contributed by atoms with Crippen molar-refractivity contribution < 1.29 is 13.2 Å². The SMILES string of the molecule is Cc1ccc(NCc2ccc(C#N)s2)cc1C(F)(F)F. The Kier molecular flexibility index (Phi) is 4.00. The number of thiophene rings is 1. The van der Waals surface area contributed by atoms with E-state index in [1.807, 2.05) is 6.07 Å². The zero-order chi connectivity index (χ0) is 14.8. The van der Waals surface area contributed by atoms with Gasteiger partial charge in [-0.05, 0) is 36.8 Å². The third-order valence-corrected chi connectivity index (χ3v) is 3.77. The third kappa shape index (κ3) is 3.31. The van der Waals surface area contributed by atoms with Crippen LogP contribution in [0.2, 0.25) is 0 Å². The Bertz CT molecular complexity index is 653. The molecule has 1 aromatic heterocycles. The first kappa shape index (κ1) is 14.4. The molecule has 6 heteroatoms. The lowest BCUT2D eigenvalue weighted by molar-refractivity contribution is -0.138. The first-order valence-electron chi connectivity index (χ1n) is 5.80. The number of hydrogen-bond acceptors (Lipinski definition) is 3. The second kappa shape index (κ2) is 5.55. The van der Waals surface area contributed by atoms with Crippen molar-refractivity contribution in [2.75, 3.05) is 5.32 Å². The van der Waals surface area contributed by atoms with Crippen LogP contribution in [0.5, 0.6) is 0 Å². The van der Waals surface area contributed by atoms with E-state index in [4.69, 9.17) is 5.26 Å². The largest absolute Gasteiger partial charge is 0.416 e. The van der Waals surface area contributed by atoms with Crippen LogP contribution in [0, 0.1) is 18.3 Å². The summed E-state index contributed by atoms with van der Waals surface area (Å²) in [6.45, 7) is 1.83. The van der Waals surface area contributed by atoms with E-state index in [9.17, 15) is 13.2 Å². The smallest absolute Gasteiger partial charge is 0.380 e. The summed E-state index contributed by atoms with van der Waals surface area (Å²) in [7, 11) is 0. The van der Waals surface area contributed by atoms with E-state index in [2.05, 4.69) is 5.32 Å². The third-order valence-electron chi connectivity index (χ3n) is 2.78. The van der Waals surface area contributed by atoms with Gasteiger partial charge < -0.3 is 5.32 Å². The summed E-state index contributed by atoms with van der Waals surface area (Å²) in [5, 5.41) is 11.6. The van der Waals surface area contributed by atoms with Crippen LogP contribution >= 0.6 is 11.3 Å². The molecule has 1 aromatic carbocycles. The molecule has 0 bridgehead atoms. The molecule has 2 rings (SSSR count). The minimum Gasteiger partial charge on any atom is -0.380 e. The molecule has 1 heterocycles. The van der Waals surface area contributed by atoms with Crippen LogP contribution in [0.1, 0.15) is 20.9 Å². The van der Waals surface area contributed by atoms with Gasteiger partial charge in [0.1, 0.15) is 10.9 Å². The maximum Gasteiger partial charge on any atom is 0.416 e. The molecular weight excluding hydrogens is 285 g/mol. The summed E-state index contributed by atoms with van der Waals surface area (Å²) in [5.41, 5.74) is -0.0211. The van der Waals surface area contributed by atoms with Gasteiger partial charge in [-0.1, -0.05) is 6.07 Å². The van der Waals surface area contributed by atoms with Crippen LogP contribution < -0.4 is 5.32 Å². The van der Waals surface area contributed by atoms with Crippen molar-refractivity contribution in [3.63, 3.8) is 0 Å². The van der Waals surface area contributed by atoms with Crippen molar-refractivity contribution in [3.05, 3.63) is 51.2 Å². The van der Waals surface area contributed by atoms with Gasteiger partial charge in [-0.3, -0.25) is 0 Å². The number of nitrogens with one attached hydrogen (secondary N) is 1. The van der Waals surface area contributed by atoms with Crippen LogP contribution in [-0.2, 0) is 12.7 Å². The molecule has 0 amide bonds. The molecule has 0 atom stereocenters. The molecule has 0 unspecified atom stereocenters. The average Bonchev–Trinajstić information content (AvgIpc) is 2.84. The van der Waals surface area contributed by atoms with Gasteiger partial charge in [-0.2, -0.15) is 18.4 Å². The number of anilines is 1. The van der Waals surface area contributed by atoms with Gasteiger partial charge in [-0.25, -0.2) is 0 Å². The standard InChI is InChI=1S/C14H11F3N2S/c1-9-2-3-10(6-13(9)14(15,16)17)19-8-12-5-4-11(7-18)20-12/h2-6,19H,8H2,1H3.